The van der Waals surface area contributed by atoms with Crippen molar-refractivity contribution in [3.8, 4) is 5.75 Å². The highest BCUT2D eigenvalue weighted by atomic mass is 35.5. The van der Waals surface area contributed by atoms with E-state index < -0.39 is 0 Å². The molecule has 0 aliphatic carbocycles. The van der Waals surface area contributed by atoms with E-state index in [0.29, 0.717) is 22.5 Å². The minimum atomic E-state index is 0.142. The van der Waals surface area contributed by atoms with Crippen LogP contribution >= 0.6 is 11.6 Å². The average molecular weight is 210 g/mol. The smallest absolute Gasteiger partial charge is 0.224 e. The second-order valence-electron chi connectivity index (χ2n) is 2.73. The fourth-order valence-corrected chi connectivity index (χ4v) is 1.50. The van der Waals surface area contributed by atoms with E-state index in [9.17, 15) is 0 Å². The van der Waals surface area contributed by atoms with E-state index in [4.69, 9.17) is 22.1 Å². The number of halogens is 1. The van der Waals surface area contributed by atoms with Crippen LogP contribution < -0.4 is 10.5 Å². The van der Waals surface area contributed by atoms with Crippen molar-refractivity contribution in [2.75, 3.05) is 12.8 Å². The molecule has 2 aromatic rings. The molecule has 1 aromatic carbocycles. The number of ether oxygens (including phenoxy) is 1. The molecule has 2 N–H and O–H groups in total. The van der Waals surface area contributed by atoms with Crippen LogP contribution in [0.5, 0.6) is 5.75 Å². The third kappa shape index (κ3) is 1.33. The van der Waals surface area contributed by atoms with Crippen molar-refractivity contribution in [1.29, 1.82) is 0 Å². The second kappa shape index (κ2) is 3.31. The Morgan fingerprint density at radius 1 is 1.36 bits per heavy atom. The monoisotopic (exact) mass is 209 g/mol. The number of rotatable bonds is 1. The van der Waals surface area contributed by atoms with Gasteiger partial charge in [0.1, 0.15) is 11.6 Å². The highest BCUT2D eigenvalue weighted by Crippen LogP contribution is 2.28. The summed E-state index contributed by atoms with van der Waals surface area (Å²) in [5.74, 6) is 0.981. The van der Waals surface area contributed by atoms with Crippen molar-refractivity contribution in [3.63, 3.8) is 0 Å². The molecular weight excluding hydrogens is 202 g/mol. The number of anilines is 1. The number of aromatic nitrogens is 2. The molecule has 1 heterocycles. The first kappa shape index (κ1) is 9.02. The summed E-state index contributed by atoms with van der Waals surface area (Å²) in [7, 11) is 1.57. The van der Waals surface area contributed by atoms with Crippen LogP contribution in [0.25, 0.3) is 10.9 Å². The van der Waals surface area contributed by atoms with Crippen molar-refractivity contribution in [1.82, 2.24) is 9.97 Å². The lowest BCUT2D eigenvalue weighted by Gasteiger charge is -2.06. The lowest BCUT2D eigenvalue weighted by molar-refractivity contribution is 0.420. The molecule has 0 spiro atoms. The number of hydrogen-bond acceptors (Lipinski definition) is 4. The van der Waals surface area contributed by atoms with Gasteiger partial charge in [-0.25, -0.2) is 9.97 Å². The Kier molecular flexibility index (Phi) is 2.13. The molecule has 0 amide bonds. The van der Waals surface area contributed by atoms with E-state index in [2.05, 4.69) is 9.97 Å². The third-order valence-electron chi connectivity index (χ3n) is 1.91. The minimum Gasteiger partial charge on any atom is -0.496 e. The summed E-state index contributed by atoms with van der Waals surface area (Å²) in [6.45, 7) is 0. The van der Waals surface area contributed by atoms with Crippen molar-refractivity contribution in [2.45, 2.75) is 0 Å². The molecule has 72 valence electrons. The first-order chi connectivity index (χ1) is 6.72. The lowest BCUT2D eigenvalue weighted by atomic mass is 10.2. The topological polar surface area (TPSA) is 61.0 Å². The molecule has 0 saturated carbocycles. The Hall–Kier alpha value is -1.55. The zero-order valence-corrected chi connectivity index (χ0v) is 8.25. The minimum absolute atomic E-state index is 0.142. The van der Waals surface area contributed by atoms with Crippen molar-refractivity contribution >= 4 is 28.3 Å². The van der Waals surface area contributed by atoms with Crippen LogP contribution in [0.2, 0.25) is 5.28 Å². The maximum absolute atomic E-state index is 5.72. The van der Waals surface area contributed by atoms with Crippen LogP contribution in [0.1, 0.15) is 0 Å². The molecule has 14 heavy (non-hydrogen) atoms. The van der Waals surface area contributed by atoms with E-state index in [-0.39, 0.29) is 5.28 Å². The Morgan fingerprint density at radius 2 is 2.14 bits per heavy atom. The van der Waals surface area contributed by atoms with Crippen molar-refractivity contribution < 1.29 is 4.74 Å². The molecule has 0 atom stereocenters. The highest BCUT2D eigenvalue weighted by Gasteiger charge is 2.08. The maximum Gasteiger partial charge on any atom is 0.224 e. The number of fused-ring (bicyclic) bond motifs is 1. The van der Waals surface area contributed by atoms with E-state index >= 15 is 0 Å². The van der Waals surface area contributed by atoms with Gasteiger partial charge in [0.2, 0.25) is 5.28 Å². The van der Waals surface area contributed by atoms with Gasteiger partial charge in [-0.15, -0.1) is 0 Å². The highest BCUT2D eigenvalue weighted by molar-refractivity contribution is 6.28. The van der Waals surface area contributed by atoms with Crippen LogP contribution in [0.3, 0.4) is 0 Å². The van der Waals surface area contributed by atoms with E-state index in [1.54, 1.807) is 13.2 Å². The van der Waals surface area contributed by atoms with Gasteiger partial charge in [-0.1, -0.05) is 6.07 Å². The fraction of sp³-hybridized carbons (Fsp3) is 0.111. The van der Waals surface area contributed by atoms with Gasteiger partial charge in [-0.2, -0.15) is 0 Å². The number of benzene rings is 1. The zero-order chi connectivity index (χ0) is 10.1. The van der Waals surface area contributed by atoms with E-state index in [0.717, 1.165) is 0 Å². The number of hydrogen-bond donors (Lipinski definition) is 1. The third-order valence-corrected chi connectivity index (χ3v) is 2.07. The first-order valence-electron chi connectivity index (χ1n) is 3.98. The van der Waals surface area contributed by atoms with Gasteiger partial charge >= 0.3 is 0 Å². The molecule has 4 nitrogen and oxygen atoms in total. The second-order valence-corrected chi connectivity index (χ2v) is 3.07. The summed E-state index contributed by atoms with van der Waals surface area (Å²) in [6.07, 6.45) is 0. The zero-order valence-electron chi connectivity index (χ0n) is 7.49. The van der Waals surface area contributed by atoms with Crippen LogP contribution in [-0.2, 0) is 0 Å². The van der Waals surface area contributed by atoms with Gasteiger partial charge < -0.3 is 10.5 Å². The normalized spacial score (nSPS) is 10.4. The van der Waals surface area contributed by atoms with Crippen molar-refractivity contribution in [3.05, 3.63) is 23.5 Å². The molecule has 0 aliphatic rings. The van der Waals surface area contributed by atoms with Crippen LogP contribution in [-0.4, -0.2) is 17.1 Å². The van der Waals surface area contributed by atoms with Crippen LogP contribution in [0, 0.1) is 0 Å². The molecule has 0 radical (unpaired) electrons. The quantitative estimate of drug-likeness (QED) is 0.729. The Labute approximate surface area is 85.7 Å². The maximum atomic E-state index is 5.72. The molecule has 0 unspecified atom stereocenters. The molecule has 0 saturated heterocycles. The molecule has 0 aliphatic heterocycles. The molecule has 0 fully saturated rings. The summed E-state index contributed by atoms with van der Waals surface area (Å²) in [4.78, 5) is 7.90. The Bertz CT molecular complexity index is 487. The van der Waals surface area contributed by atoms with Crippen molar-refractivity contribution in [2.24, 2.45) is 0 Å². The predicted molar refractivity (Wildman–Crippen MR) is 55.5 cm³/mol. The predicted octanol–water partition coefficient (Wildman–Crippen LogP) is 1.87. The van der Waals surface area contributed by atoms with Gasteiger partial charge in [0.15, 0.2) is 0 Å². The van der Waals surface area contributed by atoms with Crippen LogP contribution in [0.4, 0.5) is 5.82 Å². The summed E-state index contributed by atoms with van der Waals surface area (Å²) >= 11 is 5.68. The summed E-state index contributed by atoms with van der Waals surface area (Å²) in [6, 6.07) is 5.43. The first-order valence-corrected chi connectivity index (χ1v) is 4.36. The molecule has 0 bridgehead atoms. The summed E-state index contributed by atoms with van der Waals surface area (Å²) in [5, 5.41) is 0.836. The van der Waals surface area contributed by atoms with Gasteiger partial charge in [-0.05, 0) is 23.7 Å². The van der Waals surface area contributed by atoms with E-state index in [1.165, 1.54) is 0 Å². The summed E-state index contributed by atoms with van der Waals surface area (Å²) in [5.41, 5.74) is 6.40. The Balaban J connectivity index is 2.87. The van der Waals surface area contributed by atoms with Gasteiger partial charge in [0, 0.05) is 0 Å². The fourth-order valence-electron chi connectivity index (χ4n) is 1.32. The number of nitrogens with two attached hydrogens (primary N) is 1. The number of nitrogens with zero attached hydrogens (tertiary/aromatic N) is 2. The van der Waals surface area contributed by atoms with Gasteiger partial charge in [-0.3, -0.25) is 0 Å². The molecule has 1 aromatic heterocycles. The lowest BCUT2D eigenvalue weighted by Crippen LogP contribution is -1.97. The number of methoxy groups -OCH3 is 1. The van der Waals surface area contributed by atoms with Gasteiger partial charge in [0.05, 0.1) is 18.0 Å². The van der Waals surface area contributed by atoms with Crippen LogP contribution in [0.15, 0.2) is 18.2 Å². The molecular formula is C9H8ClN3O. The largest absolute Gasteiger partial charge is 0.496 e. The molecule has 5 heteroatoms. The SMILES string of the molecule is COc1cccc2nc(Cl)nc(N)c12. The number of nitrogen functional groups attached to an aromatic ring is 1. The molecule has 2 rings (SSSR count). The van der Waals surface area contributed by atoms with Gasteiger partial charge in [0.25, 0.3) is 0 Å². The Morgan fingerprint density at radius 3 is 2.86 bits per heavy atom. The standard InChI is InChI=1S/C9H8ClN3O/c1-14-6-4-2-3-5-7(6)8(11)13-9(10)12-5/h2-4H,1H3,(H2,11,12,13). The summed E-state index contributed by atoms with van der Waals surface area (Å²) < 4.78 is 5.15. The van der Waals surface area contributed by atoms with E-state index in [1.807, 2.05) is 12.1 Å². The average Bonchev–Trinajstić information content (AvgIpc) is 2.16.